The van der Waals surface area contributed by atoms with Crippen LogP contribution in [0.1, 0.15) is 56.5 Å². The Labute approximate surface area is 191 Å². The number of aromatic nitrogens is 6. The van der Waals surface area contributed by atoms with E-state index in [1.807, 2.05) is 41.1 Å². The highest BCUT2D eigenvalue weighted by molar-refractivity contribution is 5.91. The molecule has 2 aromatic carbocycles. The summed E-state index contributed by atoms with van der Waals surface area (Å²) < 4.78 is 7.19. The average Bonchev–Trinajstić information content (AvgIpc) is 3.35. The number of carbonyl (C=O) groups is 1. The van der Waals surface area contributed by atoms with Gasteiger partial charge in [-0.25, -0.2) is 4.68 Å². The van der Waals surface area contributed by atoms with Gasteiger partial charge in [0.15, 0.2) is 5.82 Å². The molecule has 1 fully saturated rings. The minimum Gasteiger partial charge on any atom is -0.339 e. The van der Waals surface area contributed by atoms with E-state index in [0.717, 1.165) is 24.0 Å². The molecule has 5 rings (SSSR count). The van der Waals surface area contributed by atoms with Crippen LogP contribution in [-0.2, 0) is 11.2 Å². The van der Waals surface area contributed by atoms with Gasteiger partial charge in [0, 0.05) is 29.7 Å². The van der Waals surface area contributed by atoms with E-state index in [4.69, 9.17) is 4.52 Å². The van der Waals surface area contributed by atoms with Gasteiger partial charge >= 0.3 is 0 Å². The molecule has 0 unspecified atom stereocenters. The van der Waals surface area contributed by atoms with E-state index in [-0.39, 0.29) is 12.3 Å². The van der Waals surface area contributed by atoms with Crippen molar-refractivity contribution in [2.45, 2.75) is 51.5 Å². The Morgan fingerprint density at radius 2 is 1.97 bits per heavy atom. The summed E-state index contributed by atoms with van der Waals surface area (Å²) in [6.07, 6.45) is 2.78. The Morgan fingerprint density at radius 1 is 1.15 bits per heavy atom. The van der Waals surface area contributed by atoms with Gasteiger partial charge in [0.2, 0.25) is 17.6 Å². The van der Waals surface area contributed by atoms with Crippen molar-refractivity contribution < 1.29 is 9.32 Å². The van der Waals surface area contributed by atoms with Crippen molar-refractivity contribution in [3.05, 3.63) is 60.0 Å². The van der Waals surface area contributed by atoms with Gasteiger partial charge in [-0.3, -0.25) is 4.79 Å². The van der Waals surface area contributed by atoms with Crippen LogP contribution in [-0.4, -0.2) is 36.3 Å². The average molecular weight is 444 g/mol. The number of amides is 1. The molecular formula is C24H25N7O2. The maximum absolute atomic E-state index is 12.5. The summed E-state index contributed by atoms with van der Waals surface area (Å²) in [4.78, 5) is 16.9. The first-order valence-electron chi connectivity index (χ1n) is 11.2. The topological polar surface area (TPSA) is 112 Å². The molecule has 1 aliphatic rings. The number of benzene rings is 2. The number of nitrogens with one attached hydrogen (secondary N) is 1. The maximum atomic E-state index is 12.5. The smallest absolute Gasteiger partial charge is 0.227 e. The van der Waals surface area contributed by atoms with Gasteiger partial charge < -0.3 is 9.84 Å². The monoisotopic (exact) mass is 443 g/mol. The lowest BCUT2D eigenvalue weighted by molar-refractivity contribution is -0.116. The molecule has 0 spiro atoms. The van der Waals surface area contributed by atoms with E-state index in [1.54, 1.807) is 0 Å². The van der Waals surface area contributed by atoms with E-state index in [9.17, 15) is 4.79 Å². The third-order valence-electron chi connectivity index (χ3n) is 5.66. The minimum absolute atomic E-state index is 0.130. The first kappa shape index (κ1) is 21.0. The second-order valence-corrected chi connectivity index (χ2v) is 8.60. The fourth-order valence-corrected chi connectivity index (χ4v) is 3.62. The lowest BCUT2D eigenvalue weighted by atomic mass is 10.0. The van der Waals surface area contributed by atoms with Crippen molar-refractivity contribution in [3.63, 3.8) is 0 Å². The van der Waals surface area contributed by atoms with E-state index in [1.165, 1.54) is 5.56 Å². The van der Waals surface area contributed by atoms with Crippen LogP contribution in [0.25, 0.3) is 22.8 Å². The van der Waals surface area contributed by atoms with Crippen LogP contribution >= 0.6 is 0 Å². The van der Waals surface area contributed by atoms with Gasteiger partial charge in [0.05, 0.1) is 6.04 Å². The predicted octanol–water partition coefficient (Wildman–Crippen LogP) is 4.42. The molecule has 0 bridgehead atoms. The summed E-state index contributed by atoms with van der Waals surface area (Å²) in [5.41, 5.74) is 3.71. The molecule has 9 heteroatoms. The third kappa shape index (κ3) is 4.82. The highest BCUT2D eigenvalue weighted by Gasteiger charge is 2.28. The molecule has 1 aliphatic carbocycles. The van der Waals surface area contributed by atoms with Gasteiger partial charge in [-0.2, -0.15) is 4.98 Å². The number of carbonyl (C=O) groups excluding carboxylic acids is 1. The van der Waals surface area contributed by atoms with Gasteiger partial charge in [0.25, 0.3) is 0 Å². The third-order valence-corrected chi connectivity index (χ3v) is 5.66. The van der Waals surface area contributed by atoms with Gasteiger partial charge in [0.1, 0.15) is 0 Å². The number of anilines is 1. The number of hydrogen-bond acceptors (Lipinski definition) is 7. The molecule has 168 valence electrons. The zero-order chi connectivity index (χ0) is 22.8. The molecule has 2 aromatic heterocycles. The van der Waals surface area contributed by atoms with Crippen LogP contribution in [0, 0.1) is 0 Å². The van der Waals surface area contributed by atoms with Crippen molar-refractivity contribution in [1.82, 2.24) is 30.3 Å². The van der Waals surface area contributed by atoms with Crippen molar-refractivity contribution in [1.29, 1.82) is 0 Å². The minimum atomic E-state index is -0.130. The van der Waals surface area contributed by atoms with Crippen molar-refractivity contribution in [2.75, 3.05) is 5.32 Å². The molecule has 1 N–H and O–H groups in total. The second-order valence-electron chi connectivity index (χ2n) is 8.60. The highest BCUT2D eigenvalue weighted by atomic mass is 16.5. The van der Waals surface area contributed by atoms with E-state index >= 15 is 0 Å². The quantitative estimate of drug-likeness (QED) is 0.429. The van der Waals surface area contributed by atoms with Crippen LogP contribution in [0.4, 0.5) is 5.69 Å². The Balaban J connectivity index is 1.19. The Morgan fingerprint density at radius 3 is 2.73 bits per heavy atom. The SMILES string of the molecule is CC(C)c1ccc(-c2noc(CCC(=O)Nc3cccc(-c4nnnn4C4CC4)c3)n2)cc1. The fraction of sp³-hybridized carbons (Fsp3) is 0.333. The van der Waals surface area contributed by atoms with Crippen LogP contribution in [0.15, 0.2) is 53.1 Å². The molecule has 2 heterocycles. The summed E-state index contributed by atoms with van der Waals surface area (Å²) >= 11 is 0. The lowest BCUT2D eigenvalue weighted by Crippen LogP contribution is -2.12. The molecule has 4 aromatic rings. The van der Waals surface area contributed by atoms with Gasteiger partial charge in [-0.1, -0.05) is 55.4 Å². The van der Waals surface area contributed by atoms with Crippen LogP contribution < -0.4 is 5.32 Å². The number of nitrogens with zero attached hydrogens (tertiary/aromatic N) is 6. The normalized spacial score (nSPS) is 13.4. The summed E-state index contributed by atoms with van der Waals surface area (Å²) in [6.45, 7) is 4.31. The Kier molecular flexibility index (Phi) is 5.68. The predicted molar refractivity (Wildman–Crippen MR) is 122 cm³/mol. The van der Waals surface area contributed by atoms with E-state index in [2.05, 4.69) is 57.0 Å². The molecule has 1 amide bonds. The largest absolute Gasteiger partial charge is 0.339 e. The molecule has 33 heavy (non-hydrogen) atoms. The summed E-state index contributed by atoms with van der Waals surface area (Å²) in [5.74, 6) is 2.02. The summed E-state index contributed by atoms with van der Waals surface area (Å²) in [6, 6.07) is 16.0. The second kappa shape index (κ2) is 8.93. The number of aryl methyl sites for hydroxylation is 1. The zero-order valence-electron chi connectivity index (χ0n) is 18.6. The Hall–Kier alpha value is -3.88. The lowest BCUT2D eigenvalue weighted by Gasteiger charge is -2.07. The van der Waals surface area contributed by atoms with Crippen LogP contribution in [0.3, 0.4) is 0 Å². The molecular weight excluding hydrogens is 418 g/mol. The van der Waals surface area contributed by atoms with E-state index < -0.39 is 0 Å². The number of hydrogen-bond donors (Lipinski definition) is 1. The van der Waals surface area contributed by atoms with E-state index in [0.29, 0.717) is 41.6 Å². The molecule has 0 radical (unpaired) electrons. The molecule has 9 nitrogen and oxygen atoms in total. The number of tetrazole rings is 1. The fourth-order valence-electron chi connectivity index (χ4n) is 3.62. The van der Waals surface area contributed by atoms with Crippen LogP contribution in [0.5, 0.6) is 0 Å². The molecule has 0 saturated heterocycles. The van der Waals surface area contributed by atoms with Crippen molar-refractivity contribution in [3.8, 4) is 22.8 Å². The summed E-state index contributed by atoms with van der Waals surface area (Å²) in [5, 5.41) is 19.0. The standard InChI is InChI=1S/C24H25N7O2/c1-15(2)16-6-8-17(9-7-16)23-26-22(33-28-23)13-12-21(32)25-19-5-3-4-18(14-19)24-27-29-30-31(24)20-10-11-20/h3-9,14-15,20H,10-13H2,1-2H3,(H,25,32). The van der Waals surface area contributed by atoms with Crippen LogP contribution in [0.2, 0.25) is 0 Å². The molecule has 0 aliphatic heterocycles. The van der Waals surface area contributed by atoms with Crippen molar-refractivity contribution >= 4 is 11.6 Å². The highest BCUT2D eigenvalue weighted by Crippen LogP contribution is 2.36. The van der Waals surface area contributed by atoms with Gasteiger partial charge in [-0.05, 0) is 46.9 Å². The summed E-state index contributed by atoms with van der Waals surface area (Å²) in [7, 11) is 0. The molecule has 1 saturated carbocycles. The number of rotatable bonds is 8. The zero-order valence-corrected chi connectivity index (χ0v) is 18.6. The first-order chi connectivity index (χ1) is 16.1. The van der Waals surface area contributed by atoms with Gasteiger partial charge in [-0.15, -0.1) is 5.10 Å². The maximum Gasteiger partial charge on any atom is 0.227 e. The van der Waals surface area contributed by atoms with Crippen molar-refractivity contribution in [2.24, 2.45) is 0 Å². The molecule has 0 atom stereocenters. The Bertz CT molecular complexity index is 1260. The first-order valence-corrected chi connectivity index (χ1v) is 11.2.